The number of aromatic nitrogens is 3. The highest BCUT2D eigenvalue weighted by molar-refractivity contribution is 4.94. The third-order valence-corrected chi connectivity index (χ3v) is 2.68. The Kier molecular flexibility index (Phi) is 9.49. The summed E-state index contributed by atoms with van der Waals surface area (Å²) in [7, 11) is 0. The normalized spacial score (nSPS) is 11.9. The number of nitrogens with two attached hydrogens (primary N) is 1. The first kappa shape index (κ1) is 16.6. The van der Waals surface area contributed by atoms with Gasteiger partial charge in [-0.25, -0.2) is 0 Å². The molecule has 112 valence electrons. The maximum absolute atomic E-state index is 5.99. The van der Waals surface area contributed by atoms with Gasteiger partial charge < -0.3 is 15.2 Å². The summed E-state index contributed by atoms with van der Waals surface area (Å²) >= 11 is 0. The summed E-state index contributed by atoms with van der Waals surface area (Å²) < 4.78 is 12.6. The smallest absolute Gasteiger partial charge is 0.0700 e. The van der Waals surface area contributed by atoms with Crippen molar-refractivity contribution in [2.24, 2.45) is 5.73 Å². The van der Waals surface area contributed by atoms with Gasteiger partial charge in [0.25, 0.3) is 0 Å². The number of ether oxygens (including phenoxy) is 2. The van der Waals surface area contributed by atoms with Crippen LogP contribution in [-0.2, 0) is 16.0 Å². The van der Waals surface area contributed by atoms with Crippen molar-refractivity contribution in [2.75, 3.05) is 26.4 Å². The first-order valence-corrected chi connectivity index (χ1v) is 6.97. The Labute approximate surface area is 120 Å². The van der Waals surface area contributed by atoms with E-state index in [4.69, 9.17) is 15.2 Å². The Hall–Kier alpha value is -1.42. The molecular weight excluding hydrogens is 256 g/mol. The Morgan fingerprint density at radius 3 is 2.75 bits per heavy atom. The summed E-state index contributed by atoms with van der Waals surface area (Å²) in [5.41, 5.74) is 5.99. The second-order valence-corrected chi connectivity index (χ2v) is 4.43. The Balaban J connectivity index is 1.85. The summed E-state index contributed by atoms with van der Waals surface area (Å²) in [6.07, 6.45) is 6.11. The quantitative estimate of drug-likeness (QED) is 0.480. The fraction of sp³-hybridized carbons (Fsp3) is 0.714. The third-order valence-electron chi connectivity index (χ3n) is 2.68. The average Bonchev–Trinajstić information content (AvgIpc) is 2.93. The van der Waals surface area contributed by atoms with Crippen molar-refractivity contribution >= 4 is 0 Å². The molecule has 1 aromatic rings. The van der Waals surface area contributed by atoms with E-state index in [2.05, 4.69) is 22.2 Å². The summed E-state index contributed by atoms with van der Waals surface area (Å²) in [4.78, 5) is 0. The van der Waals surface area contributed by atoms with Gasteiger partial charge >= 0.3 is 0 Å². The summed E-state index contributed by atoms with van der Waals surface area (Å²) in [5, 5.41) is 7.63. The molecule has 1 unspecified atom stereocenters. The van der Waals surface area contributed by atoms with Crippen LogP contribution in [0.4, 0.5) is 0 Å². The molecule has 0 radical (unpaired) electrons. The van der Waals surface area contributed by atoms with Gasteiger partial charge in [-0.2, -0.15) is 0 Å². The molecule has 20 heavy (non-hydrogen) atoms. The number of nitrogens with zero attached hydrogens (tertiary/aromatic N) is 3. The molecule has 0 amide bonds. The van der Waals surface area contributed by atoms with Gasteiger partial charge in [0.1, 0.15) is 0 Å². The molecule has 0 aliphatic carbocycles. The number of rotatable bonds is 11. The van der Waals surface area contributed by atoms with Crippen LogP contribution in [0, 0.1) is 11.8 Å². The zero-order valence-electron chi connectivity index (χ0n) is 12.1. The van der Waals surface area contributed by atoms with E-state index in [0.717, 1.165) is 19.3 Å². The topological polar surface area (TPSA) is 75.2 Å². The minimum Gasteiger partial charge on any atom is -0.379 e. The van der Waals surface area contributed by atoms with E-state index in [0.29, 0.717) is 33.0 Å². The highest BCUT2D eigenvalue weighted by atomic mass is 16.5. The van der Waals surface area contributed by atoms with Gasteiger partial charge in [0, 0.05) is 25.3 Å². The lowest BCUT2D eigenvalue weighted by Gasteiger charge is -2.11. The number of hydrogen-bond acceptors (Lipinski definition) is 5. The van der Waals surface area contributed by atoms with E-state index in [1.54, 1.807) is 10.9 Å². The lowest BCUT2D eigenvalue weighted by Crippen LogP contribution is -2.26. The molecule has 1 atom stereocenters. The SMILES string of the molecule is CC#CCCOCCOCCCC(N)Cn1ccnn1. The molecule has 0 aliphatic heterocycles. The standard InChI is InChI=1S/C14H24N4O2/c1-2-3-4-9-19-11-12-20-10-5-6-14(15)13-18-8-7-16-17-18/h7-8,14H,4-6,9-13,15H2,1H3. The molecule has 1 heterocycles. The third kappa shape index (κ3) is 8.64. The molecule has 1 rings (SSSR count). The predicted octanol–water partition coefficient (Wildman–Crippen LogP) is 0.832. The lowest BCUT2D eigenvalue weighted by atomic mass is 10.2. The molecule has 6 nitrogen and oxygen atoms in total. The maximum atomic E-state index is 5.99. The fourth-order valence-corrected chi connectivity index (χ4v) is 1.68. The molecule has 1 aromatic heterocycles. The van der Waals surface area contributed by atoms with E-state index in [-0.39, 0.29) is 6.04 Å². The maximum Gasteiger partial charge on any atom is 0.0700 e. The minimum atomic E-state index is 0.0872. The van der Waals surface area contributed by atoms with Crippen LogP contribution in [0.3, 0.4) is 0 Å². The van der Waals surface area contributed by atoms with Gasteiger partial charge in [0.15, 0.2) is 0 Å². The molecular formula is C14H24N4O2. The molecule has 0 bridgehead atoms. The molecule has 0 spiro atoms. The summed E-state index contributed by atoms with van der Waals surface area (Å²) in [6.45, 7) is 5.16. The number of hydrogen-bond donors (Lipinski definition) is 1. The van der Waals surface area contributed by atoms with E-state index in [1.165, 1.54) is 0 Å². The van der Waals surface area contributed by atoms with E-state index < -0.39 is 0 Å². The molecule has 6 heteroatoms. The largest absolute Gasteiger partial charge is 0.379 e. The molecule has 2 N–H and O–H groups in total. The van der Waals surface area contributed by atoms with Crippen LogP contribution in [0.5, 0.6) is 0 Å². The Morgan fingerprint density at radius 2 is 2.05 bits per heavy atom. The van der Waals surface area contributed by atoms with Gasteiger partial charge in [-0.3, -0.25) is 4.68 Å². The first-order valence-electron chi connectivity index (χ1n) is 6.97. The fourth-order valence-electron chi connectivity index (χ4n) is 1.68. The van der Waals surface area contributed by atoms with E-state index in [1.807, 2.05) is 13.1 Å². The van der Waals surface area contributed by atoms with Crippen LogP contribution >= 0.6 is 0 Å². The second-order valence-electron chi connectivity index (χ2n) is 4.43. The van der Waals surface area contributed by atoms with Crippen molar-refractivity contribution in [3.8, 4) is 11.8 Å². The molecule has 0 fully saturated rings. The van der Waals surface area contributed by atoms with Crippen molar-refractivity contribution < 1.29 is 9.47 Å². The Bertz CT molecular complexity index is 384. The summed E-state index contributed by atoms with van der Waals surface area (Å²) in [6, 6.07) is 0.0872. The zero-order chi connectivity index (χ0) is 14.5. The predicted molar refractivity (Wildman–Crippen MR) is 76.9 cm³/mol. The monoisotopic (exact) mass is 280 g/mol. The van der Waals surface area contributed by atoms with Gasteiger partial charge in [-0.1, -0.05) is 5.21 Å². The van der Waals surface area contributed by atoms with Gasteiger partial charge in [0.05, 0.1) is 32.6 Å². The lowest BCUT2D eigenvalue weighted by molar-refractivity contribution is 0.0480. The van der Waals surface area contributed by atoms with Crippen LogP contribution in [-0.4, -0.2) is 47.5 Å². The van der Waals surface area contributed by atoms with E-state index >= 15 is 0 Å². The van der Waals surface area contributed by atoms with Gasteiger partial charge in [-0.15, -0.1) is 16.9 Å². The minimum absolute atomic E-state index is 0.0872. The summed E-state index contributed by atoms with van der Waals surface area (Å²) in [5.74, 6) is 5.78. The van der Waals surface area contributed by atoms with Crippen molar-refractivity contribution in [2.45, 2.75) is 38.8 Å². The van der Waals surface area contributed by atoms with Crippen LogP contribution in [0.1, 0.15) is 26.2 Å². The molecule has 0 aromatic carbocycles. The van der Waals surface area contributed by atoms with Crippen molar-refractivity contribution in [1.82, 2.24) is 15.0 Å². The van der Waals surface area contributed by atoms with Crippen molar-refractivity contribution in [1.29, 1.82) is 0 Å². The molecule has 0 saturated heterocycles. The van der Waals surface area contributed by atoms with Crippen LogP contribution < -0.4 is 5.73 Å². The van der Waals surface area contributed by atoms with Gasteiger partial charge in [0.2, 0.25) is 0 Å². The van der Waals surface area contributed by atoms with Crippen molar-refractivity contribution in [3.05, 3.63) is 12.4 Å². The highest BCUT2D eigenvalue weighted by Gasteiger charge is 2.03. The zero-order valence-corrected chi connectivity index (χ0v) is 12.1. The van der Waals surface area contributed by atoms with Crippen LogP contribution in [0.25, 0.3) is 0 Å². The Morgan fingerprint density at radius 1 is 1.25 bits per heavy atom. The first-order chi connectivity index (χ1) is 9.83. The highest BCUT2D eigenvalue weighted by Crippen LogP contribution is 1.98. The molecule has 0 saturated carbocycles. The van der Waals surface area contributed by atoms with Crippen molar-refractivity contribution in [3.63, 3.8) is 0 Å². The second kappa shape index (κ2) is 11.4. The average molecular weight is 280 g/mol. The molecule has 0 aliphatic rings. The van der Waals surface area contributed by atoms with Crippen LogP contribution in [0.2, 0.25) is 0 Å². The van der Waals surface area contributed by atoms with Gasteiger partial charge in [-0.05, 0) is 19.8 Å². The van der Waals surface area contributed by atoms with Crippen LogP contribution in [0.15, 0.2) is 12.4 Å². The van der Waals surface area contributed by atoms with E-state index in [9.17, 15) is 0 Å².